The van der Waals surface area contributed by atoms with Gasteiger partial charge in [0.25, 0.3) is 6.43 Å². The average Bonchev–Trinajstić information content (AvgIpc) is 2.81. The summed E-state index contributed by atoms with van der Waals surface area (Å²) in [6.07, 6.45) is -0.930. The predicted molar refractivity (Wildman–Crippen MR) is 68.6 cm³/mol. The third-order valence-electron chi connectivity index (χ3n) is 3.13. The number of hydrogen-bond donors (Lipinski definition) is 1. The molecule has 0 aliphatic carbocycles. The van der Waals surface area contributed by atoms with Gasteiger partial charge in [0.1, 0.15) is 5.82 Å². The Kier molecular flexibility index (Phi) is 2.78. The molecule has 0 saturated carbocycles. The summed E-state index contributed by atoms with van der Waals surface area (Å²) in [6.45, 7) is 0. The van der Waals surface area contributed by atoms with Crippen LogP contribution in [0.3, 0.4) is 0 Å². The highest BCUT2D eigenvalue weighted by Gasteiger charge is 2.16. The Labute approximate surface area is 107 Å². The molecule has 0 spiro atoms. The van der Waals surface area contributed by atoms with Crippen LogP contribution in [0.2, 0.25) is 0 Å². The first kappa shape index (κ1) is 11.8. The zero-order valence-corrected chi connectivity index (χ0v) is 9.83. The summed E-state index contributed by atoms with van der Waals surface area (Å²) in [5.41, 5.74) is 1.69. The van der Waals surface area contributed by atoms with Crippen molar-refractivity contribution in [2.75, 3.05) is 0 Å². The van der Waals surface area contributed by atoms with Gasteiger partial charge < -0.3 is 4.98 Å². The number of aromatic amines is 1. The Morgan fingerprint density at radius 3 is 2.53 bits per heavy atom. The maximum atomic E-state index is 13.3. The fraction of sp³-hybridized carbons (Fsp3) is 0.0667. The zero-order chi connectivity index (χ0) is 13.4. The van der Waals surface area contributed by atoms with E-state index in [1.807, 2.05) is 0 Å². The lowest BCUT2D eigenvalue weighted by Gasteiger charge is -2.07. The van der Waals surface area contributed by atoms with Gasteiger partial charge in [0.2, 0.25) is 0 Å². The van der Waals surface area contributed by atoms with E-state index in [2.05, 4.69) is 4.98 Å². The molecule has 1 N–H and O–H groups in total. The molecule has 0 aliphatic rings. The molecule has 0 atom stereocenters. The van der Waals surface area contributed by atoms with E-state index in [-0.39, 0.29) is 11.4 Å². The van der Waals surface area contributed by atoms with Gasteiger partial charge in [-0.15, -0.1) is 0 Å². The molecule has 3 rings (SSSR count). The number of rotatable bonds is 2. The first-order chi connectivity index (χ1) is 9.16. The van der Waals surface area contributed by atoms with Crippen molar-refractivity contribution in [1.29, 1.82) is 0 Å². The van der Waals surface area contributed by atoms with Crippen molar-refractivity contribution >= 4 is 10.9 Å². The van der Waals surface area contributed by atoms with Gasteiger partial charge in [-0.1, -0.05) is 24.3 Å². The van der Waals surface area contributed by atoms with Crippen LogP contribution in [0.5, 0.6) is 0 Å². The number of halogens is 3. The van der Waals surface area contributed by atoms with Gasteiger partial charge in [-0.2, -0.15) is 0 Å². The molecule has 4 heteroatoms. The van der Waals surface area contributed by atoms with Gasteiger partial charge in [0, 0.05) is 28.2 Å². The van der Waals surface area contributed by atoms with Crippen LogP contribution in [0.4, 0.5) is 13.2 Å². The van der Waals surface area contributed by atoms with Gasteiger partial charge in [-0.25, -0.2) is 13.2 Å². The second-order valence-corrected chi connectivity index (χ2v) is 4.28. The van der Waals surface area contributed by atoms with E-state index in [0.717, 1.165) is 5.52 Å². The van der Waals surface area contributed by atoms with Crippen LogP contribution in [0.1, 0.15) is 12.0 Å². The summed E-state index contributed by atoms with van der Waals surface area (Å²) in [4.78, 5) is 2.97. The minimum atomic E-state index is -2.56. The number of hydrogen-bond acceptors (Lipinski definition) is 0. The molecule has 1 heterocycles. The zero-order valence-electron chi connectivity index (χ0n) is 9.83. The molecule has 0 radical (unpaired) electrons. The Balaban J connectivity index is 2.28. The van der Waals surface area contributed by atoms with Crippen molar-refractivity contribution in [3.05, 3.63) is 60.0 Å². The van der Waals surface area contributed by atoms with Crippen molar-refractivity contribution in [1.82, 2.24) is 4.98 Å². The van der Waals surface area contributed by atoms with Gasteiger partial charge in [0.15, 0.2) is 0 Å². The van der Waals surface area contributed by atoms with E-state index in [1.165, 1.54) is 18.2 Å². The first-order valence-electron chi connectivity index (χ1n) is 5.81. The molecule has 1 nitrogen and oxygen atoms in total. The largest absolute Gasteiger partial charge is 0.361 e. The molecule has 0 unspecified atom stereocenters. The minimum Gasteiger partial charge on any atom is -0.361 e. The average molecular weight is 261 g/mol. The molecule has 2 aromatic carbocycles. The molecular weight excluding hydrogens is 251 g/mol. The van der Waals surface area contributed by atoms with Crippen molar-refractivity contribution in [3.8, 4) is 11.1 Å². The highest BCUT2D eigenvalue weighted by atomic mass is 19.3. The van der Waals surface area contributed by atoms with Crippen LogP contribution in [0.15, 0.2) is 48.7 Å². The molecule has 0 amide bonds. The molecule has 0 aliphatic heterocycles. The Morgan fingerprint density at radius 2 is 1.74 bits per heavy atom. The first-order valence-corrected chi connectivity index (χ1v) is 5.81. The van der Waals surface area contributed by atoms with Crippen molar-refractivity contribution in [3.63, 3.8) is 0 Å². The fourth-order valence-electron chi connectivity index (χ4n) is 2.25. The normalized spacial score (nSPS) is 11.4. The molecule has 96 valence electrons. The number of aromatic nitrogens is 1. The van der Waals surface area contributed by atoms with Crippen molar-refractivity contribution in [2.45, 2.75) is 6.43 Å². The summed E-state index contributed by atoms with van der Waals surface area (Å²) in [5, 5.41) is 0.605. The number of nitrogens with one attached hydrogen (secondary N) is 1. The smallest absolute Gasteiger partial charge is 0.264 e. The van der Waals surface area contributed by atoms with Crippen LogP contribution in [-0.4, -0.2) is 4.98 Å². The lowest BCUT2D eigenvalue weighted by atomic mass is 9.99. The molecule has 0 bridgehead atoms. The van der Waals surface area contributed by atoms with Crippen LogP contribution in [0.25, 0.3) is 22.0 Å². The Bertz CT molecular complexity index is 731. The summed E-state index contributed by atoms with van der Waals surface area (Å²) >= 11 is 0. The minimum absolute atomic E-state index is 0.0485. The van der Waals surface area contributed by atoms with Crippen LogP contribution in [0, 0.1) is 5.82 Å². The SMILES string of the molecule is Fc1ccc2[nH]cc(-c3ccccc3C(F)F)c2c1. The molecule has 0 fully saturated rings. The van der Waals surface area contributed by atoms with E-state index in [1.54, 1.807) is 30.5 Å². The molecule has 19 heavy (non-hydrogen) atoms. The lowest BCUT2D eigenvalue weighted by Crippen LogP contribution is -1.89. The third-order valence-corrected chi connectivity index (χ3v) is 3.13. The predicted octanol–water partition coefficient (Wildman–Crippen LogP) is 4.91. The Morgan fingerprint density at radius 1 is 0.947 bits per heavy atom. The second kappa shape index (κ2) is 4.46. The summed E-state index contributed by atoms with van der Waals surface area (Å²) < 4.78 is 39.3. The van der Waals surface area contributed by atoms with Gasteiger partial charge >= 0.3 is 0 Å². The summed E-state index contributed by atoms with van der Waals surface area (Å²) in [6, 6.07) is 10.6. The maximum Gasteiger partial charge on any atom is 0.264 e. The van der Waals surface area contributed by atoms with Crippen LogP contribution in [-0.2, 0) is 0 Å². The number of alkyl halides is 2. The molecular formula is C15H10F3N. The van der Waals surface area contributed by atoms with Gasteiger partial charge in [-0.3, -0.25) is 0 Å². The number of fused-ring (bicyclic) bond motifs is 1. The quantitative estimate of drug-likeness (QED) is 0.674. The van der Waals surface area contributed by atoms with Gasteiger partial charge in [0.05, 0.1) is 0 Å². The van der Waals surface area contributed by atoms with Crippen molar-refractivity contribution in [2.24, 2.45) is 0 Å². The second-order valence-electron chi connectivity index (χ2n) is 4.28. The Hall–Kier alpha value is -2.23. The lowest BCUT2D eigenvalue weighted by molar-refractivity contribution is 0.152. The summed E-state index contributed by atoms with van der Waals surface area (Å²) in [5.74, 6) is -0.386. The van der Waals surface area contributed by atoms with Crippen LogP contribution < -0.4 is 0 Å². The molecule has 1 aromatic heterocycles. The van der Waals surface area contributed by atoms with E-state index >= 15 is 0 Å². The van der Waals surface area contributed by atoms with E-state index in [9.17, 15) is 13.2 Å². The van der Waals surface area contributed by atoms with Gasteiger partial charge in [-0.05, 0) is 23.8 Å². The van der Waals surface area contributed by atoms with E-state index in [0.29, 0.717) is 16.5 Å². The maximum absolute atomic E-state index is 13.3. The standard InChI is InChI=1S/C15H10F3N/c16-9-5-6-14-12(7-9)13(8-19-14)10-3-1-2-4-11(10)15(17)18/h1-8,15,19H. The number of H-pyrrole nitrogens is 1. The fourth-order valence-corrected chi connectivity index (χ4v) is 2.25. The third kappa shape index (κ3) is 1.99. The summed E-state index contributed by atoms with van der Waals surface area (Å²) in [7, 11) is 0. The van der Waals surface area contributed by atoms with Crippen molar-refractivity contribution < 1.29 is 13.2 Å². The topological polar surface area (TPSA) is 15.8 Å². The number of benzene rings is 2. The monoisotopic (exact) mass is 261 g/mol. The van der Waals surface area contributed by atoms with Crippen LogP contribution >= 0.6 is 0 Å². The van der Waals surface area contributed by atoms with E-state index in [4.69, 9.17) is 0 Å². The van der Waals surface area contributed by atoms with E-state index < -0.39 is 6.43 Å². The molecule has 0 saturated heterocycles. The highest BCUT2D eigenvalue weighted by Crippen LogP contribution is 2.35. The highest BCUT2D eigenvalue weighted by molar-refractivity contribution is 5.96. The molecule has 3 aromatic rings.